The van der Waals surface area contributed by atoms with Crippen molar-refractivity contribution in [3.05, 3.63) is 180 Å². The van der Waals surface area contributed by atoms with E-state index in [4.69, 9.17) is 0 Å². The van der Waals surface area contributed by atoms with Crippen molar-refractivity contribution in [3.63, 3.8) is 0 Å². The van der Waals surface area contributed by atoms with E-state index in [1.165, 1.54) is 50.8 Å². The average molecular weight is 533 g/mol. The molecular formula is C39H36N2. The van der Waals surface area contributed by atoms with E-state index in [-0.39, 0.29) is 0 Å². The number of aryl methyl sites for hydroxylation is 3. The van der Waals surface area contributed by atoms with Crippen LogP contribution in [0.3, 0.4) is 0 Å². The predicted octanol–water partition coefficient (Wildman–Crippen LogP) is 11.2. The van der Waals surface area contributed by atoms with E-state index in [2.05, 4.69) is 176 Å². The van der Waals surface area contributed by atoms with Crippen LogP contribution in [-0.4, -0.2) is 0 Å². The Balaban J connectivity index is 0.000000165. The van der Waals surface area contributed by atoms with Gasteiger partial charge in [0, 0.05) is 34.1 Å². The van der Waals surface area contributed by atoms with E-state index in [0.29, 0.717) is 0 Å². The Morgan fingerprint density at radius 1 is 0.244 bits per heavy atom. The van der Waals surface area contributed by atoms with Gasteiger partial charge in [0.15, 0.2) is 0 Å². The van der Waals surface area contributed by atoms with Gasteiger partial charge < -0.3 is 9.80 Å². The van der Waals surface area contributed by atoms with Crippen molar-refractivity contribution in [1.29, 1.82) is 0 Å². The lowest BCUT2D eigenvalue weighted by Gasteiger charge is -2.25. The highest BCUT2D eigenvalue weighted by molar-refractivity contribution is 5.77. The van der Waals surface area contributed by atoms with Crippen molar-refractivity contribution < 1.29 is 0 Å². The van der Waals surface area contributed by atoms with Crippen LogP contribution in [0.1, 0.15) is 16.7 Å². The molecule has 0 heterocycles. The fourth-order valence-electron chi connectivity index (χ4n) is 4.71. The van der Waals surface area contributed by atoms with Gasteiger partial charge in [0.05, 0.1) is 0 Å². The van der Waals surface area contributed by atoms with Gasteiger partial charge in [0.2, 0.25) is 0 Å². The van der Waals surface area contributed by atoms with Crippen LogP contribution in [-0.2, 0) is 0 Å². The van der Waals surface area contributed by atoms with Crippen molar-refractivity contribution in [1.82, 2.24) is 0 Å². The Hall–Kier alpha value is -5.08. The van der Waals surface area contributed by atoms with Gasteiger partial charge in [-0.2, -0.15) is 0 Å². The quantitative estimate of drug-likeness (QED) is 0.210. The highest BCUT2D eigenvalue weighted by Crippen LogP contribution is 2.35. The summed E-state index contributed by atoms with van der Waals surface area (Å²) >= 11 is 0. The lowest BCUT2D eigenvalue weighted by atomic mass is 10.1. The molecule has 2 nitrogen and oxygen atoms in total. The van der Waals surface area contributed by atoms with Crippen LogP contribution in [0, 0.1) is 20.8 Å². The number of nitrogens with zero attached hydrogens (tertiary/aromatic N) is 2. The fourth-order valence-corrected chi connectivity index (χ4v) is 4.71. The molecule has 0 aliphatic heterocycles. The molecule has 0 radical (unpaired) electrons. The van der Waals surface area contributed by atoms with Crippen molar-refractivity contribution in [2.24, 2.45) is 0 Å². The Labute approximate surface area is 244 Å². The molecule has 202 valence electrons. The molecule has 0 amide bonds. The Kier molecular flexibility index (Phi) is 8.93. The van der Waals surface area contributed by atoms with Crippen LogP contribution in [0.2, 0.25) is 0 Å². The summed E-state index contributed by atoms with van der Waals surface area (Å²) in [4.78, 5) is 4.54. The molecule has 0 saturated carbocycles. The summed E-state index contributed by atoms with van der Waals surface area (Å²) in [6, 6.07) is 57.3. The zero-order valence-corrected chi connectivity index (χ0v) is 24.0. The van der Waals surface area contributed by atoms with E-state index in [9.17, 15) is 0 Å². The Morgan fingerprint density at radius 3 is 0.659 bits per heavy atom. The molecule has 2 heteroatoms. The van der Waals surface area contributed by atoms with Gasteiger partial charge in [-0.05, 0) is 93.6 Å². The number of anilines is 6. The first-order valence-corrected chi connectivity index (χ1v) is 14.0. The maximum Gasteiger partial charge on any atom is 0.0461 e. The van der Waals surface area contributed by atoms with Crippen molar-refractivity contribution >= 4 is 34.1 Å². The molecule has 0 bridgehead atoms. The monoisotopic (exact) mass is 532 g/mol. The molecular weight excluding hydrogens is 496 g/mol. The molecule has 0 spiro atoms. The highest BCUT2D eigenvalue weighted by Gasteiger charge is 2.12. The number of benzene rings is 6. The normalized spacial score (nSPS) is 10.3. The lowest BCUT2D eigenvalue weighted by molar-refractivity contribution is 1.27. The lowest BCUT2D eigenvalue weighted by Crippen LogP contribution is -2.09. The smallest absolute Gasteiger partial charge is 0.0461 e. The summed E-state index contributed by atoms with van der Waals surface area (Å²) in [5.74, 6) is 0. The van der Waals surface area contributed by atoms with Crippen molar-refractivity contribution in [3.8, 4) is 0 Å². The molecule has 6 aromatic carbocycles. The second-order valence-corrected chi connectivity index (χ2v) is 10.2. The van der Waals surface area contributed by atoms with Crippen molar-refractivity contribution in [2.45, 2.75) is 20.8 Å². The number of hydrogen-bond acceptors (Lipinski definition) is 2. The standard InChI is InChI=1S/C20H19N.C19H17N/c1-16-8-12-19(13-9-16)21(18-6-4-3-5-7-18)20-14-10-17(2)11-15-20;1-16-12-14-19(15-13-16)20(17-8-4-2-5-9-17)18-10-6-3-7-11-18/h3-15H,1-2H3;2-15H,1H3. The maximum absolute atomic E-state index is 2.28. The van der Waals surface area contributed by atoms with Crippen LogP contribution >= 0.6 is 0 Å². The third kappa shape index (κ3) is 7.12. The SMILES string of the molecule is Cc1ccc(N(c2ccccc2)c2ccc(C)cc2)cc1.Cc1ccc(N(c2ccccc2)c2ccccc2)cc1. The molecule has 0 atom stereocenters. The predicted molar refractivity (Wildman–Crippen MR) is 176 cm³/mol. The summed E-state index contributed by atoms with van der Waals surface area (Å²) in [5, 5.41) is 0. The fraction of sp³-hybridized carbons (Fsp3) is 0.0769. The van der Waals surface area contributed by atoms with E-state index in [0.717, 1.165) is 0 Å². The van der Waals surface area contributed by atoms with E-state index < -0.39 is 0 Å². The first-order valence-electron chi connectivity index (χ1n) is 14.0. The molecule has 6 rings (SSSR count). The second kappa shape index (κ2) is 13.3. The van der Waals surface area contributed by atoms with Crippen LogP contribution in [0.4, 0.5) is 34.1 Å². The summed E-state index contributed by atoms with van der Waals surface area (Å²) in [6.45, 7) is 6.34. The second-order valence-electron chi connectivity index (χ2n) is 10.2. The Bertz CT molecular complexity index is 1520. The highest BCUT2D eigenvalue weighted by atomic mass is 15.1. The first-order chi connectivity index (χ1) is 20.1. The minimum Gasteiger partial charge on any atom is -0.311 e. The topological polar surface area (TPSA) is 6.48 Å². The van der Waals surface area contributed by atoms with E-state index >= 15 is 0 Å². The summed E-state index contributed by atoms with van der Waals surface area (Å²) < 4.78 is 0. The van der Waals surface area contributed by atoms with Crippen LogP contribution in [0.5, 0.6) is 0 Å². The summed E-state index contributed by atoms with van der Waals surface area (Å²) in [6.07, 6.45) is 0. The molecule has 41 heavy (non-hydrogen) atoms. The van der Waals surface area contributed by atoms with Gasteiger partial charge in [0.25, 0.3) is 0 Å². The average Bonchev–Trinajstić information content (AvgIpc) is 3.02. The van der Waals surface area contributed by atoms with Crippen LogP contribution in [0.15, 0.2) is 164 Å². The van der Waals surface area contributed by atoms with E-state index in [1.54, 1.807) is 0 Å². The molecule has 0 saturated heterocycles. The third-order valence-corrected chi connectivity index (χ3v) is 6.92. The van der Waals surface area contributed by atoms with Crippen LogP contribution < -0.4 is 9.80 Å². The van der Waals surface area contributed by atoms with Gasteiger partial charge in [-0.1, -0.05) is 108 Å². The zero-order valence-electron chi connectivity index (χ0n) is 24.0. The third-order valence-electron chi connectivity index (χ3n) is 6.92. The van der Waals surface area contributed by atoms with E-state index in [1.807, 2.05) is 18.2 Å². The molecule has 0 unspecified atom stereocenters. The zero-order chi connectivity index (χ0) is 28.4. The number of rotatable bonds is 6. The van der Waals surface area contributed by atoms with Crippen LogP contribution in [0.25, 0.3) is 0 Å². The maximum atomic E-state index is 2.28. The molecule has 6 aromatic rings. The minimum absolute atomic E-state index is 1.17. The summed E-state index contributed by atoms with van der Waals surface area (Å²) in [7, 11) is 0. The molecule has 0 aliphatic rings. The number of hydrogen-bond donors (Lipinski definition) is 0. The minimum atomic E-state index is 1.17. The van der Waals surface area contributed by atoms with Gasteiger partial charge in [-0.15, -0.1) is 0 Å². The first kappa shape index (κ1) is 27.5. The van der Waals surface area contributed by atoms with Gasteiger partial charge in [0.1, 0.15) is 0 Å². The molecule has 0 aliphatic carbocycles. The molecule has 0 N–H and O–H groups in total. The summed E-state index contributed by atoms with van der Waals surface area (Å²) in [5.41, 5.74) is 10.9. The molecule has 0 aromatic heterocycles. The Morgan fingerprint density at radius 2 is 0.439 bits per heavy atom. The van der Waals surface area contributed by atoms with Crippen molar-refractivity contribution in [2.75, 3.05) is 9.80 Å². The largest absolute Gasteiger partial charge is 0.311 e. The van der Waals surface area contributed by atoms with Gasteiger partial charge >= 0.3 is 0 Å². The van der Waals surface area contributed by atoms with Gasteiger partial charge in [-0.3, -0.25) is 0 Å². The number of para-hydroxylation sites is 3. The molecule has 0 fully saturated rings. The van der Waals surface area contributed by atoms with Gasteiger partial charge in [-0.25, -0.2) is 0 Å².